The van der Waals surface area contributed by atoms with Crippen molar-refractivity contribution in [3.05, 3.63) is 89.5 Å². The van der Waals surface area contributed by atoms with Crippen LogP contribution in [0.3, 0.4) is 0 Å². The fourth-order valence-electron chi connectivity index (χ4n) is 5.45. The van der Waals surface area contributed by atoms with Gasteiger partial charge in [-0.3, -0.25) is 9.59 Å². The first-order chi connectivity index (χ1) is 16.1. The molecular formula is C29H29NO3. The van der Waals surface area contributed by atoms with E-state index in [2.05, 4.69) is 47.8 Å². The van der Waals surface area contributed by atoms with Crippen LogP contribution in [0.2, 0.25) is 0 Å². The Kier molecular flexibility index (Phi) is 5.99. The van der Waals surface area contributed by atoms with Gasteiger partial charge in [0, 0.05) is 24.2 Å². The van der Waals surface area contributed by atoms with Crippen LogP contribution in [0.5, 0.6) is 0 Å². The molecule has 4 nitrogen and oxygen atoms in total. The van der Waals surface area contributed by atoms with Crippen molar-refractivity contribution in [2.75, 3.05) is 11.9 Å². The molecule has 5 rings (SSSR count). The molecule has 3 aromatic rings. The molecule has 33 heavy (non-hydrogen) atoms. The van der Waals surface area contributed by atoms with Crippen LogP contribution in [-0.4, -0.2) is 23.4 Å². The smallest absolute Gasteiger partial charge is 0.303 e. The number of anilines is 1. The molecule has 0 saturated heterocycles. The quantitative estimate of drug-likeness (QED) is 0.431. The first-order valence-electron chi connectivity index (χ1n) is 11.9. The largest absolute Gasteiger partial charge is 0.481 e. The van der Waals surface area contributed by atoms with Gasteiger partial charge in [0.1, 0.15) is 0 Å². The Hall–Kier alpha value is -3.40. The highest BCUT2D eigenvalue weighted by atomic mass is 16.4. The predicted molar refractivity (Wildman–Crippen MR) is 131 cm³/mol. The highest BCUT2D eigenvalue weighted by molar-refractivity contribution is 6.03. The van der Waals surface area contributed by atoms with E-state index < -0.39 is 5.97 Å². The van der Waals surface area contributed by atoms with Crippen LogP contribution >= 0.6 is 0 Å². The van der Waals surface area contributed by atoms with Gasteiger partial charge in [-0.2, -0.15) is 0 Å². The number of hydrogen-bond donors (Lipinski definition) is 2. The molecule has 0 aromatic heterocycles. The van der Waals surface area contributed by atoms with E-state index in [9.17, 15) is 9.59 Å². The maximum Gasteiger partial charge on any atom is 0.303 e. The van der Waals surface area contributed by atoms with Crippen molar-refractivity contribution in [3.63, 3.8) is 0 Å². The maximum absolute atomic E-state index is 13.0. The first kappa shape index (κ1) is 21.4. The van der Waals surface area contributed by atoms with E-state index in [4.69, 9.17) is 5.11 Å². The summed E-state index contributed by atoms with van der Waals surface area (Å²) in [6.07, 6.45) is 4.43. The highest BCUT2D eigenvalue weighted by Crippen LogP contribution is 2.39. The SMILES string of the molecule is O=C(O)CC1CCC(c2ccc(-c3ccc4c(c3)NCC4C(=O)c3ccccc3)cc2)CC1. The summed E-state index contributed by atoms with van der Waals surface area (Å²) in [5.41, 5.74) is 6.53. The molecule has 2 aliphatic rings. The Morgan fingerprint density at radius 3 is 2.24 bits per heavy atom. The number of benzene rings is 3. The lowest BCUT2D eigenvalue weighted by Crippen LogP contribution is -2.16. The van der Waals surface area contributed by atoms with Crippen molar-refractivity contribution < 1.29 is 14.7 Å². The van der Waals surface area contributed by atoms with E-state index >= 15 is 0 Å². The molecule has 1 atom stereocenters. The molecule has 1 saturated carbocycles. The number of carboxylic acids is 1. The lowest BCUT2D eigenvalue weighted by molar-refractivity contribution is -0.138. The summed E-state index contributed by atoms with van der Waals surface area (Å²) in [6, 6.07) is 24.7. The Bertz CT molecular complexity index is 1150. The third-order valence-corrected chi connectivity index (χ3v) is 7.33. The zero-order chi connectivity index (χ0) is 22.8. The van der Waals surface area contributed by atoms with E-state index in [1.807, 2.05) is 30.3 Å². The lowest BCUT2D eigenvalue weighted by Gasteiger charge is -2.28. The molecule has 1 heterocycles. The normalized spacial score (nSPS) is 21.8. The number of hydrogen-bond acceptors (Lipinski definition) is 3. The topological polar surface area (TPSA) is 66.4 Å². The summed E-state index contributed by atoms with van der Waals surface area (Å²) in [4.78, 5) is 23.9. The number of carbonyl (C=O) groups is 2. The molecule has 0 radical (unpaired) electrons. The van der Waals surface area contributed by atoms with Gasteiger partial charge < -0.3 is 10.4 Å². The van der Waals surface area contributed by atoms with Crippen molar-refractivity contribution in [1.29, 1.82) is 0 Å². The summed E-state index contributed by atoms with van der Waals surface area (Å²) in [6.45, 7) is 0.635. The van der Waals surface area contributed by atoms with Crippen LogP contribution in [0, 0.1) is 5.92 Å². The van der Waals surface area contributed by atoms with Gasteiger partial charge in [-0.15, -0.1) is 0 Å². The molecule has 4 heteroatoms. The van der Waals surface area contributed by atoms with E-state index in [1.54, 1.807) is 0 Å². The van der Waals surface area contributed by atoms with Gasteiger partial charge in [-0.05, 0) is 65.8 Å². The van der Waals surface area contributed by atoms with Gasteiger partial charge in [-0.1, -0.05) is 66.7 Å². The Balaban J connectivity index is 1.27. The molecule has 0 spiro atoms. The zero-order valence-electron chi connectivity index (χ0n) is 18.7. The minimum atomic E-state index is -0.678. The number of fused-ring (bicyclic) bond motifs is 1. The van der Waals surface area contributed by atoms with Crippen LogP contribution in [0.1, 0.15) is 65.4 Å². The summed E-state index contributed by atoms with van der Waals surface area (Å²) in [5.74, 6) is 0.194. The molecule has 3 aromatic carbocycles. The molecule has 1 aliphatic heterocycles. The second kappa shape index (κ2) is 9.22. The molecule has 0 bridgehead atoms. The van der Waals surface area contributed by atoms with E-state index in [0.29, 0.717) is 24.8 Å². The Morgan fingerprint density at radius 2 is 1.55 bits per heavy atom. The summed E-state index contributed by atoms with van der Waals surface area (Å²) in [5, 5.41) is 12.4. The zero-order valence-corrected chi connectivity index (χ0v) is 18.7. The highest BCUT2D eigenvalue weighted by Gasteiger charge is 2.29. The Labute approximate surface area is 194 Å². The van der Waals surface area contributed by atoms with Gasteiger partial charge in [0.2, 0.25) is 0 Å². The lowest BCUT2D eigenvalue weighted by atomic mass is 9.77. The van der Waals surface area contributed by atoms with Gasteiger partial charge in [0.05, 0.1) is 5.92 Å². The number of nitrogens with one attached hydrogen (secondary N) is 1. The summed E-state index contributed by atoms with van der Waals surface area (Å²) in [7, 11) is 0. The second-order valence-corrected chi connectivity index (χ2v) is 9.40. The van der Waals surface area contributed by atoms with E-state index in [0.717, 1.165) is 48.1 Å². The van der Waals surface area contributed by atoms with Crippen molar-refractivity contribution >= 4 is 17.4 Å². The average Bonchev–Trinajstić information content (AvgIpc) is 3.28. The molecule has 1 fully saturated rings. The van der Waals surface area contributed by atoms with Crippen LogP contribution in [0.25, 0.3) is 11.1 Å². The van der Waals surface area contributed by atoms with Crippen LogP contribution < -0.4 is 5.32 Å². The molecule has 1 aliphatic carbocycles. The van der Waals surface area contributed by atoms with Crippen molar-refractivity contribution in [3.8, 4) is 11.1 Å². The van der Waals surface area contributed by atoms with Crippen LogP contribution in [0.4, 0.5) is 5.69 Å². The third-order valence-electron chi connectivity index (χ3n) is 7.33. The van der Waals surface area contributed by atoms with Gasteiger partial charge in [0.25, 0.3) is 0 Å². The number of rotatable bonds is 6. The fourth-order valence-corrected chi connectivity index (χ4v) is 5.45. The standard InChI is InChI=1S/C29H29NO3/c31-28(32)16-19-6-8-20(9-7-19)21-10-12-22(13-11-21)24-14-15-25-26(18-30-27(25)17-24)29(33)23-4-2-1-3-5-23/h1-5,10-15,17,19-20,26,30H,6-9,16,18H2,(H,31,32). The third kappa shape index (κ3) is 4.56. The van der Waals surface area contributed by atoms with Crippen molar-refractivity contribution in [1.82, 2.24) is 0 Å². The Morgan fingerprint density at radius 1 is 0.848 bits per heavy atom. The van der Waals surface area contributed by atoms with E-state index in [-0.39, 0.29) is 11.7 Å². The molecule has 2 N–H and O–H groups in total. The number of carboxylic acid groups (broad SMARTS) is 1. The van der Waals surface area contributed by atoms with Crippen molar-refractivity contribution in [2.45, 2.75) is 43.9 Å². The molecule has 168 valence electrons. The minimum absolute atomic E-state index is 0.143. The number of Topliss-reactive ketones (excluding diaryl/α,β-unsaturated/α-hetero) is 1. The van der Waals surface area contributed by atoms with Crippen LogP contribution in [0.15, 0.2) is 72.8 Å². The number of aliphatic carboxylic acids is 1. The van der Waals surface area contributed by atoms with E-state index in [1.165, 1.54) is 11.1 Å². The van der Waals surface area contributed by atoms with Gasteiger partial charge >= 0.3 is 5.97 Å². The number of carbonyl (C=O) groups excluding carboxylic acids is 1. The minimum Gasteiger partial charge on any atom is -0.481 e. The van der Waals surface area contributed by atoms with Crippen molar-refractivity contribution in [2.24, 2.45) is 5.92 Å². The molecule has 1 unspecified atom stereocenters. The predicted octanol–water partition coefficient (Wildman–Crippen LogP) is 6.49. The van der Waals surface area contributed by atoms with Crippen LogP contribution in [-0.2, 0) is 4.79 Å². The van der Waals surface area contributed by atoms with Gasteiger partial charge in [0.15, 0.2) is 5.78 Å². The first-order valence-corrected chi connectivity index (χ1v) is 11.9. The number of ketones is 1. The average molecular weight is 440 g/mol. The second-order valence-electron chi connectivity index (χ2n) is 9.40. The maximum atomic E-state index is 13.0. The summed E-state index contributed by atoms with van der Waals surface area (Å²) < 4.78 is 0. The monoisotopic (exact) mass is 439 g/mol. The molecule has 0 amide bonds. The van der Waals surface area contributed by atoms with Gasteiger partial charge in [-0.25, -0.2) is 0 Å². The molecular weight excluding hydrogens is 410 g/mol. The summed E-state index contributed by atoms with van der Waals surface area (Å²) >= 11 is 0. The fraction of sp³-hybridized carbons (Fsp3) is 0.310.